The maximum absolute atomic E-state index is 12.4. The molecule has 25 heavy (non-hydrogen) atoms. The Balaban J connectivity index is 1.35. The van der Waals surface area contributed by atoms with Crippen molar-refractivity contribution in [2.45, 2.75) is 18.9 Å². The molecular weight excluding hydrogens is 320 g/mol. The molecule has 1 aliphatic heterocycles. The van der Waals surface area contributed by atoms with Crippen molar-refractivity contribution in [2.75, 3.05) is 20.3 Å². The summed E-state index contributed by atoms with van der Waals surface area (Å²) >= 11 is 0. The minimum absolute atomic E-state index is 0.0197. The van der Waals surface area contributed by atoms with Crippen LogP contribution in [0.5, 0.6) is 17.4 Å². The Morgan fingerprint density at radius 2 is 2.08 bits per heavy atom. The van der Waals surface area contributed by atoms with Gasteiger partial charge in [-0.2, -0.15) is 0 Å². The second kappa shape index (κ2) is 6.63. The largest absolute Gasteiger partial charge is 0.486 e. The van der Waals surface area contributed by atoms with Crippen molar-refractivity contribution in [3.8, 4) is 17.4 Å². The van der Waals surface area contributed by atoms with Crippen LogP contribution in [0.4, 0.5) is 0 Å². The van der Waals surface area contributed by atoms with Crippen LogP contribution >= 0.6 is 0 Å². The average molecular weight is 340 g/mol. The molecule has 1 fully saturated rings. The number of nitrogens with one attached hydrogen (secondary N) is 1. The number of rotatable bonds is 5. The summed E-state index contributed by atoms with van der Waals surface area (Å²) in [5.41, 5.74) is 2.10. The summed E-state index contributed by atoms with van der Waals surface area (Å²) in [5, 5.41) is 3.00. The summed E-state index contributed by atoms with van der Waals surface area (Å²) in [6.07, 6.45) is 2.54. The Hall–Kier alpha value is -2.76. The van der Waals surface area contributed by atoms with Gasteiger partial charge >= 0.3 is 0 Å². The molecule has 6 nitrogen and oxygen atoms in total. The fraction of sp³-hybridized carbons (Fsp3) is 0.368. The molecule has 6 heteroatoms. The minimum Gasteiger partial charge on any atom is -0.486 e. The van der Waals surface area contributed by atoms with Gasteiger partial charge in [0.2, 0.25) is 11.8 Å². The van der Waals surface area contributed by atoms with E-state index in [2.05, 4.69) is 10.3 Å². The highest BCUT2D eigenvalue weighted by Gasteiger charge is 2.44. The SMILES string of the molecule is COc1cc(CNC(=O)[C@H]2C[C@H]2c2ccc3c(c2)OCCO3)ccn1. The van der Waals surface area contributed by atoms with Gasteiger partial charge in [0.25, 0.3) is 0 Å². The number of carbonyl (C=O) groups excluding carboxylic acids is 1. The van der Waals surface area contributed by atoms with E-state index in [9.17, 15) is 4.79 Å². The molecule has 1 aliphatic carbocycles. The lowest BCUT2D eigenvalue weighted by Gasteiger charge is -2.18. The van der Waals surface area contributed by atoms with Crippen LogP contribution in [0.15, 0.2) is 36.5 Å². The van der Waals surface area contributed by atoms with E-state index in [1.54, 1.807) is 13.3 Å². The van der Waals surface area contributed by atoms with Gasteiger partial charge in [0.1, 0.15) is 13.2 Å². The van der Waals surface area contributed by atoms with Gasteiger partial charge in [-0.3, -0.25) is 4.79 Å². The molecule has 0 spiro atoms. The topological polar surface area (TPSA) is 69.7 Å². The zero-order valence-corrected chi connectivity index (χ0v) is 14.0. The molecule has 1 amide bonds. The van der Waals surface area contributed by atoms with Gasteiger partial charge in [-0.25, -0.2) is 4.98 Å². The van der Waals surface area contributed by atoms with Crippen molar-refractivity contribution in [1.82, 2.24) is 10.3 Å². The van der Waals surface area contributed by atoms with E-state index in [1.165, 1.54) is 0 Å². The average Bonchev–Trinajstić information content (AvgIpc) is 3.47. The van der Waals surface area contributed by atoms with E-state index in [1.807, 2.05) is 30.3 Å². The van der Waals surface area contributed by atoms with Crippen LogP contribution in [0.3, 0.4) is 0 Å². The smallest absolute Gasteiger partial charge is 0.224 e. The Kier molecular flexibility index (Phi) is 4.17. The maximum atomic E-state index is 12.4. The third-order valence-corrected chi connectivity index (χ3v) is 4.60. The third-order valence-electron chi connectivity index (χ3n) is 4.60. The quantitative estimate of drug-likeness (QED) is 0.904. The first-order chi connectivity index (χ1) is 12.2. The lowest BCUT2D eigenvalue weighted by molar-refractivity contribution is -0.122. The zero-order valence-electron chi connectivity index (χ0n) is 14.0. The van der Waals surface area contributed by atoms with Crippen molar-refractivity contribution in [2.24, 2.45) is 5.92 Å². The highest BCUT2D eigenvalue weighted by Crippen LogP contribution is 2.49. The highest BCUT2D eigenvalue weighted by atomic mass is 16.6. The first-order valence-electron chi connectivity index (χ1n) is 8.41. The van der Waals surface area contributed by atoms with Crippen molar-refractivity contribution in [3.05, 3.63) is 47.7 Å². The molecule has 1 N–H and O–H groups in total. The second-order valence-electron chi connectivity index (χ2n) is 6.28. The molecule has 1 aromatic carbocycles. The number of carbonyl (C=O) groups is 1. The fourth-order valence-electron chi connectivity index (χ4n) is 3.14. The number of nitrogens with zero attached hydrogens (tertiary/aromatic N) is 1. The number of hydrogen-bond donors (Lipinski definition) is 1. The van der Waals surface area contributed by atoms with Crippen LogP contribution in [0, 0.1) is 5.92 Å². The standard InChI is InChI=1S/C19H20N2O4/c1-23-18-8-12(4-5-20-18)11-21-19(22)15-10-14(15)13-2-3-16-17(9-13)25-7-6-24-16/h2-5,8-9,14-15H,6-7,10-11H2,1H3,(H,21,22)/t14-,15-/m0/s1. The van der Waals surface area contributed by atoms with E-state index in [4.69, 9.17) is 14.2 Å². The summed E-state index contributed by atoms with van der Waals surface area (Å²) < 4.78 is 16.3. The van der Waals surface area contributed by atoms with Gasteiger partial charge in [-0.15, -0.1) is 0 Å². The number of amides is 1. The van der Waals surface area contributed by atoms with E-state index >= 15 is 0 Å². The van der Waals surface area contributed by atoms with Gasteiger partial charge in [-0.05, 0) is 41.7 Å². The second-order valence-corrected chi connectivity index (χ2v) is 6.28. The molecule has 2 aromatic rings. The molecule has 0 unspecified atom stereocenters. The van der Waals surface area contributed by atoms with Crippen molar-refractivity contribution in [3.63, 3.8) is 0 Å². The summed E-state index contributed by atoms with van der Waals surface area (Å²) in [5.74, 6) is 2.46. The van der Waals surface area contributed by atoms with E-state index in [0.717, 1.165) is 29.0 Å². The van der Waals surface area contributed by atoms with E-state index in [0.29, 0.717) is 25.6 Å². The monoisotopic (exact) mass is 340 g/mol. The molecule has 4 rings (SSSR count). The number of aromatic nitrogens is 1. The molecule has 2 atom stereocenters. The molecule has 130 valence electrons. The first-order valence-corrected chi connectivity index (χ1v) is 8.41. The highest BCUT2D eigenvalue weighted by molar-refractivity contribution is 5.83. The summed E-state index contributed by atoms with van der Waals surface area (Å²) in [6, 6.07) is 9.65. The van der Waals surface area contributed by atoms with Crippen LogP contribution in [-0.2, 0) is 11.3 Å². The van der Waals surface area contributed by atoms with Crippen LogP contribution < -0.4 is 19.5 Å². The van der Waals surface area contributed by atoms with Gasteiger partial charge in [0.05, 0.1) is 7.11 Å². The number of fused-ring (bicyclic) bond motifs is 1. The predicted molar refractivity (Wildman–Crippen MR) is 90.9 cm³/mol. The summed E-state index contributed by atoms with van der Waals surface area (Å²) in [7, 11) is 1.58. The molecule has 0 radical (unpaired) electrons. The van der Waals surface area contributed by atoms with Gasteiger partial charge in [0.15, 0.2) is 11.5 Å². The minimum atomic E-state index is 0.0197. The van der Waals surface area contributed by atoms with Crippen molar-refractivity contribution < 1.29 is 19.0 Å². The molecular formula is C19H20N2O4. The molecule has 2 aliphatic rings. The molecule has 1 saturated carbocycles. The molecule has 0 bridgehead atoms. The fourth-order valence-corrected chi connectivity index (χ4v) is 3.14. The van der Waals surface area contributed by atoms with Crippen LogP contribution in [0.25, 0.3) is 0 Å². The van der Waals surface area contributed by atoms with Crippen LogP contribution in [0.2, 0.25) is 0 Å². The number of methoxy groups -OCH3 is 1. The van der Waals surface area contributed by atoms with Gasteiger partial charge < -0.3 is 19.5 Å². The van der Waals surface area contributed by atoms with Crippen molar-refractivity contribution in [1.29, 1.82) is 0 Å². The maximum Gasteiger partial charge on any atom is 0.224 e. The number of ether oxygens (including phenoxy) is 3. The van der Waals surface area contributed by atoms with Crippen molar-refractivity contribution >= 4 is 5.91 Å². The van der Waals surface area contributed by atoms with Gasteiger partial charge in [0, 0.05) is 24.7 Å². The molecule has 2 heterocycles. The lowest BCUT2D eigenvalue weighted by Crippen LogP contribution is -2.24. The van der Waals surface area contributed by atoms with Crippen LogP contribution in [0.1, 0.15) is 23.5 Å². The number of benzene rings is 1. The third kappa shape index (κ3) is 3.38. The molecule has 0 saturated heterocycles. The first kappa shape index (κ1) is 15.7. The summed E-state index contributed by atoms with van der Waals surface area (Å²) in [6.45, 7) is 1.63. The Bertz CT molecular complexity index is 793. The van der Waals surface area contributed by atoms with E-state index in [-0.39, 0.29) is 17.7 Å². The Morgan fingerprint density at radius 3 is 2.92 bits per heavy atom. The summed E-state index contributed by atoms with van der Waals surface area (Å²) in [4.78, 5) is 16.5. The predicted octanol–water partition coefficient (Wildman–Crippen LogP) is 2.28. The lowest BCUT2D eigenvalue weighted by atomic mass is 10.1. The Morgan fingerprint density at radius 1 is 1.24 bits per heavy atom. The number of pyridine rings is 1. The van der Waals surface area contributed by atoms with Crippen LogP contribution in [-0.4, -0.2) is 31.2 Å². The van der Waals surface area contributed by atoms with E-state index < -0.39 is 0 Å². The number of hydrogen-bond acceptors (Lipinski definition) is 5. The molecule has 1 aromatic heterocycles. The zero-order chi connectivity index (χ0) is 17.2. The normalized spacial score (nSPS) is 20.7. The van der Waals surface area contributed by atoms with Gasteiger partial charge in [-0.1, -0.05) is 6.07 Å². The Labute approximate surface area is 146 Å².